The molecule has 1 aromatic rings. The van der Waals surface area contributed by atoms with Gasteiger partial charge in [0.25, 0.3) is 0 Å². The molecule has 1 unspecified atom stereocenters. The zero-order valence-electron chi connectivity index (χ0n) is 10.3. The summed E-state index contributed by atoms with van der Waals surface area (Å²) in [5, 5.41) is 2.94. The van der Waals surface area contributed by atoms with Crippen LogP contribution >= 0.6 is 15.9 Å². The van der Waals surface area contributed by atoms with Gasteiger partial charge in [-0.1, -0.05) is 28.1 Å². The van der Waals surface area contributed by atoms with Crippen LogP contribution in [-0.4, -0.2) is 13.0 Å². The van der Waals surface area contributed by atoms with Gasteiger partial charge >= 0.3 is 0 Å². The van der Waals surface area contributed by atoms with Crippen molar-refractivity contribution in [1.29, 1.82) is 0 Å². The second-order valence-electron chi connectivity index (χ2n) is 4.32. The minimum atomic E-state index is 0.0655. The Morgan fingerprint density at radius 1 is 1.44 bits per heavy atom. The molecule has 1 amide bonds. The molecular weight excluding hydrogens is 294 g/mol. The lowest BCUT2D eigenvalue weighted by molar-refractivity contribution is -0.120. The molecule has 2 rings (SSSR count). The van der Waals surface area contributed by atoms with Crippen molar-refractivity contribution in [2.75, 3.05) is 12.4 Å². The standard InChI is InChI=1S/C14H16BrNO2/c1-18-13-8-7-11(15)9-12(13)16-14(17)10-5-3-2-4-6-10/h2-3,7-10H,4-6H2,1H3,(H,16,17). The minimum Gasteiger partial charge on any atom is -0.495 e. The van der Waals surface area contributed by atoms with Gasteiger partial charge in [0.15, 0.2) is 0 Å². The Morgan fingerprint density at radius 3 is 2.94 bits per heavy atom. The molecular formula is C14H16BrNO2. The smallest absolute Gasteiger partial charge is 0.227 e. The fourth-order valence-electron chi connectivity index (χ4n) is 2.04. The second-order valence-corrected chi connectivity index (χ2v) is 5.23. The van der Waals surface area contributed by atoms with Gasteiger partial charge in [0.2, 0.25) is 5.91 Å². The van der Waals surface area contributed by atoms with Gasteiger partial charge in [-0.3, -0.25) is 4.79 Å². The van der Waals surface area contributed by atoms with E-state index in [0.29, 0.717) is 11.4 Å². The van der Waals surface area contributed by atoms with Crippen molar-refractivity contribution in [3.05, 3.63) is 34.8 Å². The lowest BCUT2D eigenvalue weighted by Crippen LogP contribution is -2.23. The molecule has 96 valence electrons. The van der Waals surface area contributed by atoms with E-state index in [1.54, 1.807) is 7.11 Å². The number of methoxy groups -OCH3 is 1. The number of benzene rings is 1. The van der Waals surface area contributed by atoms with Crippen molar-refractivity contribution < 1.29 is 9.53 Å². The summed E-state index contributed by atoms with van der Waals surface area (Å²) in [5.41, 5.74) is 0.714. The predicted octanol–water partition coefficient (Wildman–Crippen LogP) is 3.75. The first-order chi connectivity index (χ1) is 8.70. The van der Waals surface area contributed by atoms with E-state index in [1.807, 2.05) is 18.2 Å². The van der Waals surface area contributed by atoms with E-state index in [1.165, 1.54) is 0 Å². The highest BCUT2D eigenvalue weighted by atomic mass is 79.9. The van der Waals surface area contributed by atoms with E-state index in [9.17, 15) is 4.79 Å². The van der Waals surface area contributed by atoms with Crippen LogP contribution in [0.4, 0.5) is 5.69 Å². The average Bonchev–Trinajstić information content (AvgIpc) is 2.40. The summed E-state index contributed by atoms with van der Waals surface area (Å²) in [4.78, 5) is 12.1. The van der Waals surface area contributed by atoms with Crippen LogP contribution in [0.5, 0.6) is 5.75 Å². The van der Waals surface area contributed by atoms with Crippen LogP contribution in [0.1, 0.15) is 19.3 Å². The molecule has 3 nitrogen and oxygen atoms in total. The number of amides is 1. The fraction of sp³-hybridized carbons (Fsp3) is 0.357. The Balaban J connectivity index is 2.10. The molecule has 1 atom stereocenters. The van der Waals surface area contributed by atoms with Gasteiger partial charge in [-0.2, -0.15) is 0 Å². The zero-order valence-corrected chi connectivity index (χ0v) is 11.9. The zero-order chi connectivity index (χ0) is 13.0. The molecule has 0 aromatic heterocycles. The van der Waals surface area contributed by atoms with Gasteiger partial charge in [-0.05, 0) is 37.5 Å². The van der Waals surface area contributed by atoms with Gasteiger partial charge in [-0.25, -0.2) is 0 Å². The molecule has 1 aliphatic rings. The summed E-state index contributed by atoms with van der Waals surface area (Å²) in [6.45, 7) is 0. The van der Waals surface area contributed by atoms with Crippen LogP contribution in [0.3, 0.4) is 0 Å². The summed E-state index contributed by atoms with van der Waals surface area (Å²) in [6.07, 6.45) is 6.92. The Kier molecular flexibility index (Phi) is 4.42. The number of hydrogen-bond donors (Lipinski definition) is 1. The highest BCUT2D eigenvalue weighted by Gasteiger charge is 2.19. The molecule has 0 saturated carbocycles. The Labute approximate surface area is 115 Å². The third kappa shape index (κ3) is 3.13. The van der Waals surface area contributed by atoms with Gasteiger partial charge in [0.1, 0.15) is 5.75 Å². The van der Waals surface area contributed by atoms with Crippen molar-refractivity contribution in [3.8, 4) is 5.75 Å². The number of allylic oxidation sites excluding steroid dienone is 2. The largest absolute Gasteiger partial charge is 0.495 e. The van der Waals surface area contributed by atoms with Crippen LogP contribution in [0, 0.1) is 5.92 Å². The summed E-state index contributed by atoms with van der Waals surface area (Å²) < 4.78 is 6.16. The number of rotatable bonds is 3. The van der Waals surface area contributed by atoms with Crippen molar-refractivity contribution in [2.24, 2.45) is 5.92 Å². The molecule has 1 N–H and O–H groups in total. The molecule has 0 heterocycles. The normalized spacial score (nSPS) is 18.4. The third-order valence-corrected chi connectivity index (χ3v) is 3.55. The molecule has 0 fully saturated rings. The van der Waals surface area contributed by atoms with Gasteiger partial charge in [0, 0.05) is 10.4 Å². The lowest BCUT2D eigenvalue weighted by Gasteiger charge is -2.18. The minimum absolute atomic E-state index is 0.0655. The number of ether oxygens (including phenoxy) is 1. The summed E-state index contributed by atoms with van der Waals surface area (Å²) in [7, 11) is 1.60. The maximum absolute atomic E-state index is 12.1. The highest BCUT2D eigenvalue weighted by Crippen LogP contribution is 2.29. The SMILES string of the molecule is COc1ccc(Br)cc1NC(=O)C1CC=CCC1. The predicted molar refractivity (Wildman–Crippen MR) is 75.8 cm³/mol. The van der Waals surface area contributed by atoms with E-state index >= 15 is 0 Å². The van der Waals surface area contributed by atoms with E-state index < -0.39 is 0 Å². The number of anilines is 1. The molecule has 18 heavy (non-hydrogen) atoms. The van der Waals surface area contributed by atoms with Crippen molar-refractivity contribution in [2.45, 2.75) is 19.3 Å². The van der Waals surface area contributed by atoms with Crippen molar-refractivity contribution >= 4 is 27.5 Å². The third-order valence-electron chi connectivity index (χ3n) is 3.06. The lowest BCUT2D eigenvalue weighted by atomic mass is 9.93. The maximum Gasteiger partial charge on any atom is 0.227 e. The van der Waals surface area contributed by atoms with E-state index in [-0.39, 0.29) is 11.8 Å². The molecule has 0 spiro atoms. The summed E-state index contributed by atoms with van der Waals surface area (Å²) in [6, 6.07) is 5.58. The van der Waals surface area contributed by atoms with Crippen molar-refractivity contribution in [1.82, 2.24) is 0 Å². The Morgan fingerprint density at radius 2 is 2.28 bits per heavy atom. The summed E-state index contributed by atoms with van der Waals surface area (Å²) >= 11 is 3.39. The van der Waals surface area contributed by atoms with Crippen LogP contribution in [0.25, 0.3) is 0 Å². The first kappa shape index (κ1) is 13.1. The maximum atomic E-state index is 12.1. The van der Waals surface area contributed by atoms with Crippen molar-refractivity contribution in [3.63, 3.8) is 0 Å². The van der Waals surface area contributed by atoms with Gasteiger partial charge < -0.3 is 10.1 Å². The first-order valence-corrected chi connectivity index (χ1v) is 6.79. The first-order valence-electron chi connectivity index (χ1n) is 6.00. The van der Waals surface area contributed by atoms with Crippen LogP contribution < -0.4 is 10.1 Å². The Hall–Kier alpha value is -1.29. The molecule has 4 heteroatoms. The Bertz CT molecular complexity index is 471. The van der Waals surface area contributed by atoms with E-state index in [4.69, 9.17) is 4.74 Å². The number of hydrogen-bond acceptors (Lipinski definition) is 2. The number of nitrogens with one attached hydrogen (secondary N) is 1. The quantitative estimate of drug-likeness (QED) is 0.864. The van der Waals surface area contributed by atoms with Gasteiger partial charge in [-0.15, -0.1) is 0 Å². The molecule has 0 radical (unpaired) electrons. The molecule has 0 aliphatic heterocycles. The van der Waals surface area contributed by atoms with Crippen LogP contribution in [-0.2, 0) is 4.79 Å². The molecule has 1 aromatic carbocycles. The van der Waals surface area contributed by atoms with E-state index in [2.05, 4.69) is 33.4 Å². The van der Waals surface area contributed by atoms with Crippen LogP contribution in [0.2, 0.25) is 0 Å². The monoisotopic (exact) mass is 309 g/mol. The number of carbonyl (C=O) groups excluding carboxylic acids is 1. The number of carbonyl (C=O) groups is 1. The second kappa shape index (κ2) is 6.05. The molecule has 0 bridgehead atoms. The number of halogens is 1. The molecule has 1 aliphatic carbocycles. The summed E-state index contributed by atoms with van der Waals surface area (Å²) in [5.74, 6) is 0.812. The topological polar surface area (TPSA) is 38.3 Å². The molecule has 0 saturated heterocycles. The van der Waals surface area contributed by atoms with E-state index in [0.717, 1.165) is 23.7 Å². The highest BCUT2D eigenvalue weighted by molar-refractivity contribution is 9.10. The average molecular weight is 310 g/mol. The van der Waals surface area contributed by atoms with Crippen LogP contribution in [0.15, 0.2) is 34.8 Å². The fourth-order valence-corrected chi connectivity index (χ4v) is 2.41. The van der Waals surface area contributed by atoms with Gasteiger partial charge in [0.05, 0.1) is 12.8 Å².